The molecule has 1 N–H and O–H groups in total. The average Bonchev–Trinajstić information content (AvgIpc) is 2.32. The van der Waals surface area contributed by atoms with Crippen molar-refractivity contribution in [2.24, 2.45) is 5.92 Å². The summed E-state index contributed by atoms with van der Waals surface area (Å²) in [5.74, 6) is 0.536. The SMILES string of the molecule is CCCCC(CC)C(=O)N(CCCO)C1CCC1. The van der Waals surface area contributed by atoms with Crippen molar-refractivity contribution in [2.45, 2.75) is 71.3 Å². The van der Waals surface area contributed by atoms with Gasteiger partial charge in [0.1, 0.15) is 0 Å². The van der Waals surface area contributed by atoms with Crippen LogP contribution in [0.3, 0.4) is 0 Å². The maximum absolute atomic E-state index is 12.6. The number of aliphatic hydroxyl groups is 1. The molecule has 1 rings (SSSR count). The monoisotopic (exact) mass is 255 g/mol. The Kier molecular flexibility index (Phi) is 7.33. The molecule has 0 aromatic heterocycles. The van der Waals surface area contributed by atoms with Crippen LogP contribution in [0, 0.1) is 5.92 Å². The van der Waals surface area contributed by atoms with E-state index in [1.807, 2.05) is 0 Å². The van der Waals surface area contributed by atoms with Gasteiger partial charge in [-0.15, -0.1) is 0 Å². The number of unbranched alkanes of at least 4 members (excludes halogenated alkanes) is 1. The van der Waals surface area contributed by atoms with Gasteiger partial charge in [-0.2, -0.15) is 0 Å². The number of carbonyl (C=O) groups excluding carboxylic acids is 1. The molecule has 3 nitrogen and oxygen atoms in total. The molecule has 18 heavy (non-hydrogen) atoms. The maximum Gasteiger partial charge on any atom is 0.225 e. The van der Waals surface area contributed by atoms with Gasteiger partial charge in [-0.1, -0.05) is 26.7 Å². The Bertz CT molecular complexity index is 239. The molecule has 1 aliphatic rings. The van der Waals surface area contributed by atoms with Crippen LogP contribution in [-0.4, -0.2) is 35.1 Å². The highest BCUT2D eigenvalue weighted by molar-refractivity contribution is 5.79. The molecule has 0 saturated heterocycles. The minimum absolute atomic E-state index is 0.183. The molecule has 0 heterocycles. The Balaban J connectivity index is 2.54. The molecule has 0 bridgehead atoms. The van der Waals surface area contributed by atoms with Gasteiger partial charge >= 0.3 is 0 Å². The highest BCUT2D eigenvalue weighted by atomic mass is 16.3. The van der Waals surface area contributed by atoms with E-state index in [1.165, 1.54) is 6.42 Å². The zero-order valence-electron chi connectivity index (χ0n) is 12.0. The number of rotatable bonds is 9. The Morgan fingerprint density at radius 2 is 2.06 bits per heavy atom. The van der Waals surface area contributed by atoms with Crippen molar-refractivity contribution < 1.29 is 9.90 Å². The third-order valence-corrected chi connectivity index (χ3v) is 4.10. The number of amides is 1. The van der Waals surface area contributed by atoms with Crippen molar-refractivity contribution in [3.63, 3.8) is 0 Å². The Morgan fingerprint density at radius 3 is 2.50 bits per heavy atom. The van der Waals surface area contributed by atoms with Crippen LogP contribution in [0.25, 0.3) is 0 Å². The van der Waals surface area contributed by atoms with Gasteiger partial charge < -0.3 is 10.0 Å². The molecule has 0 aromatic rings. The van der Waals surface area contributed by atoms with Crippen LogP contribution in [0.2, 0.25) is 0 Å². The van der Waals surface area contributed by atoms with Crippen LogP contribution < -0.4 is 0 Å². The summed E-state index contributed by atoms with van der Waals surface area (Å²) < 4.78 is 0. The Morgan fingerprint density at radius 1 is 1.33 bits per heavy atom. The molecular weight excluding hydrogens is 226 g/mol. The van der Waals surface area contributed by atoms with Gasteiger partial charge in [-0.05, 0) is 38.5 Å². The largest absolute Gasteiger partial charge is 0.396 e. The lowest BCUT2D eigenvalue weighted by Gasteiger charge is -2.39. The van der Waals surface area contributed by atoms with Crippen LogP contribution in [-0.2, 0) is 4.79 Å². The molecule has 0 radical (unpaired) electrons. The second-order valence-corrected chi connectivity index (χ2v) is 5.44. The molecule has 1 amide bonds. The third kappa shape index (κ3) is 4.27. The van der Waals surface area contributed by atoms with Crippen molar-refractivity contribution in [1.29, 1.82) is 0 Å². The number of hydrogen-bond acceptors (Lipinski definition) is 2. The predicted octanol–water partition coefficient (Wildman–Crippen LogP) is 2.97. The fourth-order valence-electron chi connectivity index (χ4n) is 2.60. The van der Waals surface area contributed by atoms with Gasteiger partial charge in [0.2, 0.25) is 5.91 Å². The first kappa shape index (κ1) is 15.5. The second-order valence-electron chi connectivity index (χ2n) is 5.44. The van der Waals surface area contributed by atoms with E-state index in [0.717, 1.165) is 45.1 Å². The van der Waals surface area contributed by atoms with E-state index >= 15 is 0 Å². The summed E-state index contributed by atoms with van der Waals surface area (Å²) in [6.07, 6.45) is 8.54. The fraction of sp³-hybridized carbons (Fsp3) is 0.933. The zero-order chi connectivity index (χ0) is 13.4. The lowest BCUT2D eigenvalue weighted by atomic mass is 9.89. The Hall–Kier alpha value is -0.570. The maximum atomic E-state index is 12.6. The summed E-state index contributed by atoms with van der Waals surface area (Å²) in [6, 6.07) is 0.458. The smallest absolute Gasteiger partial charge is 0.225 e. The summed E-state index contributed by atoms with van der Waals surface area (Å²) in [4.78, 5) is 14.6. The molecule has 106 valence electrons. The summed E-state index contributed by atoms with van der Waals surface area (Å²) >= 11 is 0. The van der Waals surface area contributed by atoms with E-state index in [-0.39, 0.29) is 12.5 Å². The van der Waals surface area contributed by atoms with Crippen molar-refractivity contribution in [2.75, 3.05) is 13.2 Å². The van der Waals surface area contributed by atoms with Crippen molar-refractivity contribution >= 4 is 5.91 Å². The molecule has 3 heteroatoms. The average molecular weight is 255 g/mol. The second kappa shape index (κ2) is 8.52. The summed E-state index contributed by atoms with van der Waals surface area (Å²) in [5, 5.41) is 8.97. The summed E-state index contributed by atoms with van der Waals surface area (Å²) in [5.41, 5.74) is 0. The number of hydrogen-bond donors (Lipinski definition) is 1. The van der Waals surface area contributed by atoms with Crippen LogP contribution in [0.1, 0.15) is 65.2 Å². The normalized spacial score (nSPS) is 17.3. The van der Waals surface area contributed by atoms with Gasteiger partial charge in [-0.3, -0.25) is 4.79 Å². The molecule has 1 saturated carbocycles. The van der Waals surface area contributed by atoms with Crippen molar-refractivity contribution in [3.8, 4) is 0 Å². The Labute approximate surface area is 112 Å². The molecule has 0 spiro atoms. The number of aliphatic hydroxyl groups excluding tert-OH is 1. The standard InChI is InChI=1S/C15H29NO2/c1-3-5-8-13(4-2)15(18)16(11-7-12-17)14-9-6-10-14/h13-14,17H,3-12H2,1-2H3. The van der Waals surface area contributed by atoms with Crippen LogP contribution in [0.4, 0.5) is 0 Å². The highest BCUT2D eigenvalue weighted by Crippen LogP contribution is 2.28. The van der Waals surface area contributed by atoms with Crippen LogP contribution in [0.15, 0.2) is 0 Å². The first-order valence-corrected chi connectivity index (χ1v) is 7.65. The molecule has 0 aromatic carbocycles. The predicted molar refractivity (Wildman–Crippen MR) is 74.4 cm³/mol. The van der Waals surface area contributed by atoms with Crippen molar-refractivity contribution in [1.82, 2.24) is 4.90 Å². The number of carbonyl (C=O) groups is 1. The zero-order valence-corrected chi connectivity index (χ0v) is 12.0. The van der Waals surface area contributed by atoms with Gasteiger partial charge in [0.25, 0.3) is 0 Å². The van der Waals surface area contributed by atoms with E-state index in [1.54, 1.807) is 0 Å². The minimum Gasteiger partial charge on any atom is -0.396 e. The van der Waals surface area contributed by atoms with Crippen LogP contribution in [0.5, 0.6) is 0 Å². The topological polar surface area (TPSA) is 40.5 Å². The number of nitrogens with zero attached hydrogens (tertiary/aromatic N) is 1. The summed E-state index contributed by atoms with van der Waals surface area (Å²) in [7, 11) is 0. The van der Waals surface area contributed by atoms with E-state index in [2.05, 4.69) is 18.7 Å². The van der Waals surface area contributed by atoms with E-state index < -0.39 is 0 Å². The molecule has 1 atom stereocenters. The third-order valence-electron chi connectivity index (χ3n) is 4.10. The minimum atomic E-state index is 0.183. The van der Waals surface area contributed by atoms with E-state index in [9.17, 15) is 4.79 Å². The van der Waals surface area contributed by atoms with Gasteiger partial charge in [-0.25, -0.2) is 0 Å². The van der Waals surface area contributed by atoms with Gasteiger partial charge in [0.05, 0.1) is 0 Å². The van der Waals surface area contributed by atoms with E-state index in [0.29, 0.717) is 18.4 Å². The highest BCUT2D eigenvalue weighted by Gasteiger charge is 2.31. The van der Waals surface area contributed by atoms with Crippen molar-refractivity contribution in [3.05, 3.63) is 0 Å². The van der Waals surface area contributed by atoms with Gasteiger partial charge in [0.15, 0.2) is 0 Å². The van der Waals surface area contributed by atoms with Gasteiger partial charge in [0, 0.05) is 25.1 Å². The lowest BCUT2D eigenvalue weighted by Crippen LogP contribution is -2.47. The van der Waals surface area contributed by atoms with Crippen LogP contribution >= 0.6 is 0 Å². The molecular formula is C15H29NO2. The molecule has 1 unspecified atom stereocenters. The quantitative estimate of drug-likeness (QED) is 0.688. The molecule has 1 fully saturated rings. The lowest BCUT2D eigenvalue weighted by molar-refractivity contribution is -0.140. The summed E-state index contributed by atoms with van der Waals surface area (Å²) in [6.45, 7) is 5.21. The fourth-order valence-corrected chi connectivity index (χ4v) is 2.60. The first-order chi connectivity index (χ1) is 8.74. The molecule has 1 aliphatic carbocycles. The first-order valence-electron chi connectivity index (χ1n) is 7.65. The van der Waals surface area contributed by atoms with E-state index in [4.69, 9.17) is 5.11 Å². The molecule has 0 aliphatic heterocycles.